The Morgan fingerprint density at radius 1 is 0.903 bits per heavy atom. The Bertz CT molecular complexity index is 1230. The maximum atomic E-state index is 13.9. The van der Waals surface area contributed by atoms with Crippen LogP contribution in [0.5, 0.6) is 0 Å². The molecule has 31 heavy (non-hydrogen) atoms. The Balaban J connectivity index is 1.59. The quantitative estimate of drug-likeness (QED) is 0.642. The minimum Gasteiger partial charge on any atom is -0.465 e. The number of hydrogen-bond donors (Lipinski definition) is 1. The summed E-state index contributed by atoms with van der Waals surface area (Å²) >= 11 is 0. The fraction of sp³-hybridized carbons (Fsp3) is 0.360. The Morgan fingerprint density at radius 3 is 2.13 bits per heavy atom. The van der Waals surface area contributed by atoms with Crippen molar-refractivity contribution in [2.24, 2.45) is 5.41 Å². The van der Waals surface area contributed by atoms with Crippen molar-refractivity contribution in [1.29, 1.82) is 0 Å². The fourth-order valence-electron chi connectivity index (χ4n) is 5.59. The average Bonchev–Trinajstić information content (AvgIpc) is 3.07. The van der Waals surface area contributed by atoms with E-state index in [2.05, 4.69) is 26.1 Å². The van der Waals surface area contributed by atoms with E-state index in [0.717, 1.165) is 35.3 Å². The molecule has 1 fully saturated rings. The molecule has 1 heterocycles. The summed E-state index contributed by atoms with van der Waals surface area (Å²) in [6.45, 7) is 6.53. The van der Waals surface area contributed by atoms with Crippen molar-refractivity contribution in [3.8, 4) is 0 Å². The van der Waals surface area contributed by atoms with Crippen molar-refractivity contribution in [1.82, 2.24) is 9.97 Å². The van der Waals surface area contributed by atoms with Gasteiger partial charge in [0, 0.05) is 11.1 Å². The molecule has 2 aliphatic carbocycles. The monoisotopic (exact) mass is 415 g/mol. The third-order valence-corrected chi connectivity index (χ3v) is 7.90. The van der Waals surface area contributed by atoms with Gasteiger partial charge in [-0.15, -0.1) is 0 Å². The van der Waals surface area contributed by atoms with Gasteiger partial charge in [-0.3, -0.25) is 4.79 Å². The molecule has 0 saturated heterocycles. The van der Waals surface area contributed by atoms with E-state index in [-0.39, 0.29) is 16.7 Å². The number of aromatic nitrogens is 2. The zero-order valence-electron chi connectivity index (χ0n) is 18.2. The van der Waals surface area contributed by atoms with E-state index in [9.17, 15) is 9.59 Å². The SMILES string of the molecule is COC(=O)c1ccc(NC(=O)C23CCC(C)(c4nc5ccccc5nc42)C3(C)C)cc1. The Hall–Kier alpha value is -3.28. The van der Waals surface area contributed by atoms with Crippen molar-refractivity contribution < 1.29 is 14.3 Å². The van der Waals surface area contributed by atoms with E-state index in [4.69, 9.17) is 14.7 Å². The van der Waals surface area contributed by atoms with Crippen LogP contribution in [0.25, 0.3) is 11.0 Å². The van der Waals surface area contributed by atoms with Gasteiger partial charge < -0.3 is 10.1 Å². The molecule has 2 atom stereocenters. The smallest absolute Gasteiger partial charge is 0.337 e. The molecule has 5 rings (SSSR count). The molecule has 1 N–H and O–H groups in total. The Labute approximate surface area is 181 Å². The first-order chi connectivity index (χ1) is 14.7. The first-order valence-corrected chi connectivity index (χ1v) is 10.5. The molecule has 1 amide bonds. The molecule has 0 aliphatic heterocycles. The van der Waals surface area contributed by atoms with E-state index in [1.54, 1.807) is 24.3 Å². The summed E-state index contributed by atoms with van der Waals surface area (Å²) in [6, 6.07) is 14.6. The molecule has 1 saturated carbocycles. The lowest BCUT2D eigenvalue weighted by Crippen LogP contribution is -2.48. The number of nitrogens with one attached hydrogen (secondary N) is 1. The molecule has 2 unspecified atom stereocenters. The topological polar surface area (TPSA) is 81.2 Å². The number of amides is 1. The van der Waals surface area contributed by atoms with E-state index in [0.29, 0.717) is 11.3 Å². The van der Waals surface area contributed by atoms with E-state index < -0.39 is 11.4 Å². The second-order valence-electron chi connectivity index (χ2n) is 9.30. The number of esters is 1. The fourth-order valence-corrected chi connectivity index (χ4v) is 5.59. The Kier molecular flexibility index (Phi) is 4.04. The van der Waals surface area contributed by atoms with Crippen LogP contribution in [0.4, 0.5) is 5.69 Å². The molecule has 6 heteroatoms. The summed E-state index contributed by atoms with van der Waals surface area (Å²) in [5.41, 5.74) is 3.14. The van der Waals surface area contributed by atoms with Gasteiger partial charge >= 0.3 is 5.97 Å². The highest BCUT2D eigenvalue weighted by atomic mass is 16.5. The van der Waals surface area contributed by atoms with Crippen molar-refractivity contribution in [2.75, 3.05) is 12.4 Å². The van der Waals surface area contributed by atoms with E-state index in [1.807, 2.05) is 24.3 Å². The van der Waals surface area contributed by atoms with Gasteiger partial charge in [-0.25, -0.2) is 14.8 Å². The number of fused-ring (bicyclic) bond motifs is 6. The number of methoxy groups -OCH3 is 1. The first-order valence-electron chi connectivity index (χ1n) is 10.5. The van der Waals surface area contributed by atoms with Crippen molar-refractivity contribution in [3.05, 3.63) is 65.5 Å². The average molecular weight is 415 g/mol. The summed E-state index contributed by atoms with van der Waals surface area (Å²) in [6.07, 6.45) is 1.61. The molecule has 3 aromatic rings. The lowest BCUT2D eigenvalue weighted by molar-refractivity contribution is -0.125. The minimum absolute atomic E-state index is 0.0737. The zero-order valence-corrected chi connectivity index (χ0v) is 18.2. The summed E-state index contributed by atoms with van der Waals surface area (Å²) in [4.78, 5) is 35.5. The first kappa shape index (κ1) is 19.7. The number of rotatable bonds is 3. The van der Waals surface area contributed by atoms with Gasteiger partial charge in [0.25, 0.3) is 0 Å². The maximum Gasteiger partial charge on any atom is 0.337 e. The van der Waals surface area contributed by atoms with Crippen LogP contribution in [-0.2, 0) is 20.4 Å². The third-order valence-electron chi connectivity index (χ3n) is 7.90. The molecule has 0 spiro atoms. The summed E-state index contributed by atoms with van der Waals surface area (Å²) in [7, 11) is 1.35. The van der Waals surface area contributed by atoms with E-state index >= 15 is 0 Å². The molecule has 2 aliphatic rings. The minimum atomic E-state index is -0.769. The number of ether oxygens (including phenoxy) is 1. The molecule has 6 nitrogen and oxygen atoms in total. The molecule has 158 valence electrons. The van der Waals surface area contributed by atoms with Crippen molar-refractivity contribution >= 4 is 28.6 Å². The largest absolute Gasteiger partial charge is 0.465 e. The van der Waals surface area contributed by atoms with Gasteiger partial charge in [0.2, 0.25) is 5.91 Å². The summed E-state index contributed by atoms with van der Waals surface area (Å²) in [5, 5.41) is 3.09. The van der Waals surface area contributed by atoms with Gasteiger partial charge in [0.15, 0.2) is 0 Å². The number of carbonyl (C=O) groups is 2. The summed E-state index contributed by atoms with van der Waals surface area (Å²) in [5.74, 6) is -0.480. The molecule has 2 aromatic carbocycles. The van der Waals surface area contributed by atoms with Gasteiger partial charge in [0.1, 0.15) is 0 Å². The van der Waals surface area contributed by atoms with Crippen LogP contribution in [-0.4, -0.2) is 29.0 Å². The van der Waals surface area contributed by atoms with Crippen molar-refractivity contribution in [2.45, 2.75) is 44.4 Å². The summed E-state index contributed by atoms with van der Waals surface area (Å²) < 4.78 is 4.75. The van der Waals surface area contributed by atoms with Crippen LogP contribution in [0, 0.1) is 5.41 Å². The van der Waals surface area contributed by atoms with Gasteiger partial charge in [-0.05, 0) is 54.7 Å². The van der Waals surface area contributed by atoms with Crippen LogP contribution >= 0.6 is 0 Å². The number of para-hydroxylation sites is 2. The number of nitrogens with zero attached hydrogens (tertiary/aromatic N) is 2. The maximum absolute atomic E-state index is 13.9. The highest BCUT2D eigenvalue weighted by Gasteiger charge is 2.73. The number of anilines is 1. The zero-order chi connectivity index (χ0) is 22.0. The van der Waals surface area contributed by atoms with Crippen LogP contribution < -0.4 is 5.32 Å². The lowest BCUT2D eigenvalue weighted by atomic mass is 9.63. The van der Waals surface area contributed by atoms with E-state index in [1.165, 1.54) is 7.11 Å². The normalized spacial score (nSPS) is 25.3. The molecule has 2 bridgehead atoms. The number of hydrogen-bond acceptors (Lipinski definition) is 5. The number of benzene rings is 2. The molecule has 0 radical (unpaired) electrons. The molecular formula is C25H25N3O3. The van der Waals surface area contributed by atoms with Crippen LogP contribution in [0.2, 0.25) is 0 Å². The third kappa shape index (κ3) is 2.39. The van der Waals surface area contributed by atoms with Crippen LogP contribution in [0.3, 0.4) is 0 Å². The highest BCUT2D eigenvalue weighted by Crippen LogP contribution is 2.70. The second kappa shape index (κ2) is 6.36. The van der Waals surface area contributed by atoms with Gasteiger partial charge in [0.05, 0.1) is 40.5 Å². The predicted molar refractivity (Wildman–Crippen MR) is 118 cm³/mol. The second-order valence-corrected chi connectivity index (χ2v) is 9.30. The predicted octanol–water partition coefficient (Wildman–Crippen LogP) is 4.38. The Morgan fingerprint density at radius 2 is 1.52 bits per heavy atom. The number of carbonyl (C=O) groups excluding carboxylic acids is 2. The highest BCUT2D eigenvalue weighted by molar-refractivity contribution is 6.02. The van der Waals surface area contributed by atoms with Crippen LogP contribution in [0.15, 0.2) is 48.5 Å². The van der Waals surface area contributed by atoms with Crippen LogP contribution in [0.1, 0.15) is 55.4 Å². The lowest BCUT2D eigenvalue weighted by Gasteiger charge is -2.39. The molecule has 1 aromatic heterocycles. The van der Waals surface area contributed by atoms with Gasteiger partial charge in [-0.1, -0.05) is 32.9 Å². The van der Waals surface area contributed by atoms with Crippen molar-refractivity contribution in [3.63, 3.8) is 0 Å². The molecular weight excluding hydrogens is 390 g/mol. The van der Waals surface area contributed by atoms with Gasteiger partial charge in [-0.2, -0.15) is 0 Å². The standard InChI is InChI=1S/C25H25N3O3/c1-23(2)24(3)13-14-25(23,20-19(24)27-17-7-5-6-8-18(17)28-20)22(30)26-16-11-9-15(10-12-16)21(29)31-4/h5-12H,13-14H2,1-4H3,(H,26,30).